The molecular formula is C27H29ClN8O2. The zero-order valence-electron chi connectivity index (χ0n) is 22.1. The van der Waals surface area contributed by atoms with Crippen molar-refractivity contribution in [3.8, 4) is 22.4 Å². The van der Waals surface area contributed by atoms with Crippen LogP contribution in [0, 0.1) is 6.92 Å². The average Bonchev–Trinajstić information content (AvgIpc) is 3.52. The summed E-state index contributed by atoms with van der Waals surface area (Å²) in [6.07, 6.45) is 6.64. The maximum Gasteiger partial charge on any atom is 0.419 e. The lowest BCUT2D eigenvalue weighted by atomic mass is 10.1. The molecule has 10 nitrogen and oxygen atoms in total. The third-order valence-electron chi connectivity index (χ3n) is 6.03. The van der Waals surface area contributed by atoms with Gasteiger partial charge in [-0.2, -0.15) is 10.2 Å². The number of hydrogen-bond donors (Lipinski definition) is 1. The molecule has 0 aliphatic rings. The van der Waals surface area contributed by atoms with Crippen LogP contribution in [0.3, 0.4) is 0 Å². The molecule has 5 rings (SSSR count). The molecule has 0 atom stereocenters. The van der Waals surface area contributed by atoms with E-state index in [-0.39, 0.29) is 0 Å². The summed E-state index contributed by atoms with van der Waals surface area (Å²) < 4.78 is 10.7. The maximum absolute atomic E-state index is 13.4. The Labute approximate surface area is 225 Å². The lowest BCUT2D eigenvalue weighted by Crippen LogP contribution is -2.28. The molecule has 0 saturated heterocycles. The topological polar surface area (TPSA) is 109 Å². The van der Waals surface area contributed by atoms with Crippen molar-refractivity contribution in [1.82, 2.24) is 29.1 Å². The van der Waals surface area contributed by atoms with Gasteiger partial charge in [0, 0.05) is 55.3 Å². The first-order valence-corrected chi connectivity index (χ1v) is 12.4. The largest absolute Gasteiger partial charge is 0.443 e. The molecule has 0 radical (unpaired) electrons. The number of nitrogens with two attached hydrogens (primary N) is 1. The summed E-state index contributed by atoms with van der Waals surface area (Å²) in [4.78, 5) is 17.9. The molecule has 2 N–H and O–H groups in total. The number of pyridine rings is 1. The molecule has 0 unspecified atom stereocenters. The molecule has 38 heavy (non-hydrogen) atoms. The Kier molecular flexibility index (Phi) is 6.24. The molecule has 0 amide bonds. The first kappa shape index (κ1) is 25.5. The van der Waals surface area contributed by atoms with Crippen LogP contribution in [0.4, 0.5) is 16.3 Å². The number of nitrogens with zero attached hydrogens (tertiary/aromatic N) is 7. The molecule has 5 aromatic rings. The number of ether oxygens (including phenoxy) is 1. The zero-order chi connectivity index (χ0) is 27.4. The van der Waals surface area contributed by atoms with E-state index in [0.29, 0.717) is 27.7 Å². The number of anilines is 2. The van der Waals surface area contributed by atoms with Crippen LogP contribution in [0.15, 0.2) is 55.1 Å². The van der Waals surface area contributed by atoms with Gasteiger partial charge in [0.1, 0.15) is 11.4 Å². The summed E-state index contributed by atoms with van der Waals surface area (Å²) in [6, 6.07) is 9.25. The molecule has 0 bridgehead atoms. The second kappa shape index (κ2) is 9.30. The Morgan fingerprint density at radius 2 is 1.82 bits per heavy atom. The Hall–Kier alpha value is -4.15. The number of benzene rings is 1. The minimum absolute atomic E-state index is 0.408. The Balaban J connectivity index is 1.58. The van der Waals surface area contributed by atoms with Crippen molar-refractivity contribution >= 4 is 40.1 Å². The van der Waals surface area contributed by atoms with Gasteiger partial charge in [-0.3, -0.25) is 14.4 Å². The average molecular weight is 533 g/mol. The van der Waals surface area contributed by atoms with Crippen LogP contribution >= 0.6 is 11.6 Å². The summed E-state index contributed by atoms with van der Waals surface area (Å²) in [5.74, 6) is 6.92. The Morgan fingerprint density at radius 1 is 1.05 bits per heavy atom. The molecule has 0 fully saturated rings. The number of hydrogen-bond acceptors (Lipinski definition) is 7. The molecule has 0 aliphatic heterocycles. The van der Waals surface area contributed by atoms with Crippen LogP contribution in [0.2, 0.25) is 5.02 Å². The number of hydrazine groups is 1. The number of aromatic nitrogens is 6. The number of aryl methyl sites for hydroxylation is 3. The second-order valence-corrected chi connectivity index (χ2v) is 10.6. The van der Waals surface area contributed by atoms with Gasteiger partial charge in [0.05, 0.1) is 33.8 Å². The lowest BCUT2D eigenvalue weighted by molar-refractivity contribution is 0.0547. The van der Waals surface area contributed by atoms with E-state index < -0.39 is 11.7 Å². The normalized spacial score (nSPS) is 11.8. The molecule has 196 valence electrons. The minimum atomic E-state index is -0.683. The summed E-state index contributed by atoms with van der Waals surface area (Å²) in [5, 5.41) is 11.3. The van der Waals surface area contributed by atoms with E-state index in [0.717, 1.165) is 27.8 Å². The van der Waals surface area contributed by atoms with E-state index in [1.165, 1.54) is 9.58 Å². The summed E-state index contributed by atoms with van der Waals surface area (Å²) >= 11 is 6.68. The highest BCUT2D eigenvalue weighted by Crippen LogP contribution is 2.36. The van der Waals surface area contributed by atoms with Crippen molar-refractivity contribution in [3.63, 3.8) is 0 Å². The fourth-order valence-corrected chi connectivity index (χ4v) is 4.64. The molecule has 4 aromatic heterocycles. The highest BCUT2D eigenvalue weighted by Gasteiger charge is 2.24. The van der Waals surface area contributed by atoms with Gasteiger partial charge in [-0.05, 0) is 51.5 Å². The van der Waals surface area contributed by atoms with Gasteiger partial charge in [0.25, 0.3) is 0 Å². The van der Waals surface area contributed by atoms with Crippen LogP contribution in [0.1, 0.15) is 26.5 Å². The highest BCUT2D eigenvalue weighted by atomic mass is 35.5. The fraction of sp³-hybridized carbons (Fsp3) is 0.259. The van der Waals surface area contributed by atoms with Gasteiger partial charge in [-0.25, -0.2) is 20.2 Å². The maximum atomic E-state index is 13.4. The van der Waals surface area contributed by atoms with E-state index in [1.54, 1.807) is 27.8 Å². The highest BCUT2D eigenvalue weighted by molar-refractivity contribution is 6.33. The van der Waals surface area contributed by atoms with E-state index in [1.807, 2.05) is 78.4 Å². The van der Waals surface area contributed by atoms with Crippen LogP contribution in [0.25, 0.3) is 33.3 Å². The van der Waals surface area contributed by atoms with Gasteiger partial charge in [0.2, 0.25) is 0 Å². The van der Waals surface area contributed by atoms with Gasteiger partial charge in [-0.1, -0.05) is 17.7 Å². The number of carbonyl (C=O) groups excluding carboxylic acids is 1. The smallest absolute Gasteiger partial charge is 0.419 e. The van der Waals surface area contributed by atoms with Crippen LogP contribution in [-0.4, -0.2) is 40.8 Å². The van der Waals surface area contributed by atoms with Crippen molar-refractivity contribution < 1.29 is 9.53 Å². The van der Waals surface area contributed by atoms with E-state index in [4.69, 9.17) is 22.2 Å². The van der Waals surface area contributed by atoms with E-state index in [2.05, 4.69) is 15.2 Å². The SMILES string of the molecule is Cc1nn(C)cc1-c1ccc(N(N)c2cc3c(cn2)cc(-c2cnn(C)c2)n3C(=O)OC(C)(C)C)c(Cl)c1. The second-order valence-electron chi connectivity index (χ2n) is 10.2. The first-order chi connectivity index (χ1) is 17.9. The molecule has 1 aromatic carbocycles. The van der Waals surface area contributed by atoms with Crippen LogP contribution in [0.5, 0.6) is 0 Å². The molecule has 4 heterocycles. The van der Waals surface area contributed by atoms with Crippen molar-refractivity contribution in [3.05, 3.63) is 65.8 Å². The van der Waals surface area contributed by atoms with Gasteiger partial charge < -0.3 is 4.74 Å². The molecule has 0 spiro atoms. The predicted molar refractivity (Wildman–Crippen MR) is 148 cm³/mol. The molecule has 11 heteroatoms. The summed E-state index contributed by atoms with van der Waals surface area (Å²) in [6.45, 7) is 7.43. The molecule has 0 saturated carbocycles. The first-order valence-electron chi connectivity index (χ1n) is 12.0. The third-order valence-corrected chi connectivity index (χ3v) is 6.33. The van der Waals surface area contributed by atoms with E-state index in [9.17, 15) is 4.79 Å². The number of carbonyl (C=O) groups is 1. The van der Waals surface area contributed by atoms with Crippen molar-refractivity contribution in [1.29, 1.82) is 0 Å². The van der Waals surface area contributed by atoms with Gasteiger partial charge in [-0.15, -0.1) is 0 Å². The van der Waals surface area contributed by atoms with Gasteiger partial charge in [0.15, 0.2) is 0 Å². The number of halogens is 1. The predicted octanol–water partition coefficient (Wildman–Crippen LogP) is 5.59. The quantitative estimate of drug-likeness (QED) is 0.237. The standard InChI is InChI=1S/C27H29ClN8O2/c1-16-20(15-34(6)32-16)17-7-8-22(21(28)9-17)36(29)25-11-24-18(12-30-25)10-23(19-13-31-33(5)14-19)35(24)26(37)38-27(2,3)4/h7-15H,29H2,1-6H3. The Bertz CT molecular complexity index is 1670. The molecular weight excluding hydrogens is 504 g/mol. The van der Waals surface area contributed by atoms with Crippen molar-refractivity contribution in [2.24, 2.45) is 19.9 Å². The summed E-state index contributed by atoms with van der Waals surface area (Å²) in [5.41, 5.74) is 4.70. The third kappa shape index (κ3) is 4.75. The van der Waals surface area contributed by atoms with E-state index >= 15 is 0 Å². The van der Waals surface area contributed by atoms with Gasteiger partial charge >= 0.3 is 6.09 Å². The van der Waals surface area contributed by atoms with Crippen molar-refractivity contribution in [2.45, 2.75) is 33.3 Å². The monoisotopic (exact) mass is 532 g/mol. The number of rotatable bonds is 4. The molecule has 0 aliphatic carbocycles. The fourth-order valence-electron chi connectivity index (χ4n) is 4.37. The minimum Gasteiger partial charge on any atom is -0.443 e. The van der Waals surface area contributed by atoms with Crippen LogP contribution in [-0.2, 0) is 18.8 Å². The Morgan fingerprint density at radius 3 is 2.42 bits per heavy atom. The van der Waals surface area contributed by atoms with Crippen molar-refractivity contribution in [2.75, 3.05) is 5.01 Å². The number of fused-ring (bicyclic) bond motifs is 1. The van der Waals surface area contributed by atoms with Crippen LogP contribution < -0.4 is 10.9 Å². The lowest BCUT2D eigenvalue weighted by Gasteiger charge is -2.22. The summed E-state index contributed by atoms with van der Waals surface area (Å²) in [7, 11) is 3.70. The zero-order valence-corrected chi connectivity index (χ0v) is 22.9.